The lowest BCUT2D eigenvalue weighted by molar-refractivity contribution is -0.136. The molecule has 0 radical (unpaired) electrons. The lowest BCUT2D eigenvalue weighted by Crippen LogP contribution is -2.49. The van der Waals surface area contributed by atoms with E-state index in [2.05, 4.69) is 17.0 Å². The third-order valence-corrected chi connectivity index (χ3v) is 3.24. The molecule has 1 aliphatic heterocycles. The highest BCUT2D eigenvalue weighted by Gasteiger charge is 2.20. The molecule has 19 heavy (non-hydrogen) atoms. The molecule has 2 N–H and O–H groups in total. The summed E-state index contributed by atoms with van der Waals surface area (Å²) >= 11 is 0. The average molecular weight is 263 g/mol. The first kappa shape index (κ1) is 13.8. The van der Waals surface area contributed by atoms with Gasteiger partial charge in [-0.25, -0.2) is 0 Å². The number of hydrogen-bond acceptors (Lipinski definition) is 4. The van der Waals surface area contributed by atoms with E-state index in [1.165, 1.54) is 5.69 Å². The Morgan fingerprint density at radius 1 is 1.16 bits per heavy atom. The molecule has 1 aliphatic rings. The van der Waals surface area contributed by atoms with Crippen LogP contribution in [-0.2, 0) is 9.53 Å². The Hall–Kier alpha value is -1.59. The van der Waals surface area contributed by atoms with Gasteiger partial charge in [-0.1, -0.05) is 18.2 Å². The Balaban J connectivity index is 1.77. The second-order valence-corrected chi connectivity index (χ2v) is 4.54. The Bertz CT molecular complexity index is 389. The van der Waals surface area contributed by atoms with Gasteiger partial charge in [-0.05, 0) is 12.1 Å². The van der Waals surface area contributed by atoms with Crippen LogP contribution in [0.4, 0.5) is 5.69 Å². The van der Waals surface area contributed by atoms with Crippen molar-refractivity contribution in [3.63, 3.8) is 0 Å². The summed E-state index contributed by atoms with van der Waals surface area (Å²) in [5.41, 5.74) is 6.54. The number of nitrogens with zero attached hydrogens (tertiary/aromatic N) is 2. The van der Waals surface area contributed by atoms with Crippen molar-refractivity contribution in [1.82, 2.24) is 4.90 Å². The topological polar surface area (TPSA) is 58.8 Å². The van der Waals surface area contributed by atoms with Crippen LogP contribution in [0.3, 0.4) is 0 Å². The number of piperazine rings is 1. The van der Waals surface area contributed by atoms with Crippen LogP contribution >= 0.6 is 0 Å². The predicted octanol–water partition coefficient (Wildman–Crippen LogP) is 0.311. The van der Waals surface area contributed by atoms with Crippen LogP contribution in [0.2, 0.25) is 0 Å². The summed E-state index contributed by atoms with van der Waals surface area (Å²) in [5, 5.41) is 0. The van der Waals surface area contributed by atoms with Gasteiger partial charge in [-0.15, -0.1) is 0 Å². The molecule has 1 aromatic rings. The molecule has 0 aliphatic carbocycles. The Kier molecular flexibility index (Phi) is 5.18. The minimum Gasteiger partial charge on any atom is -0.370 e. The fraction of sp³-hybridized carbons (Fsp3) is 0.500. The normalized spacial score (nSPS) is 15.6. The zero-order chi connectivity index (χ0) is 13.5. The molecule has 1 heterocycles. The van der Waals surface area contributed by atoms with Crippen molar-refractivity contribution in [2.45, 2.75) is 0 Å². The van der Waals surface area contributed by atoms with Crippen LogP contribution in [0.1, 0.15) is 0 Å². The number of amides is 1. The van der Waals surface area contributed by atoms with Crippen LogP contribution in [0, 0.1) is 0 Å². The fourth-order valence-electron chi connectivity index (χ4n) is 2.19. The van der Waals surface area contributed by atoms with Gasteiger partial charge in [0.1, 0.15) is 6.61 Å². The highest BCUT2D eigenvalue weighted by molar-refractivity contribution is 5.77. The van der Waals surface area contributed by atoms with Gasteiger partial charge in [-0.3, -0.25) is 4.79 Å². The summed E-state index contributed by atoms with van der Waals surface area (Å²) in [6, 6.07) is 10.3. The monoisotopic (exact) mass is 263 g/mol. The highest BCUT2D eigenvalue weighted by atomic mass is 16.5. The number of para-hydroxylation sites is 1. The molecular formula is C14H21N3O2. The minimum atomic E-state index is 0.0566. The van der Waals surface area contributed by atoms with E-state index in [0.717, 1.165) is 26.2 Å². The molecule has 1 amide bonds. The summed E-state index contributed by atoms with van der Waals surface area (Å²) in [6.07, 6.45) is 0. The molecular weight excluding hydrogens is 242 g/mol. The van der Waals surface area contributed by atoms with Gasteiger partial charge in [0, 0.05) is 38.4 Å². The number of anilines is 1. The summed E-state index contributed by atoms with van der Waals surface area (Å²) < 4.78 is 5.18. The van der Waals surface area contributed by atoms with Gasteiger partial charge in [0.15, 0.2) is 0 Å². The van der Waals surface area contributed by atoms with Gasteiger partial charge in [0.2, 0.25) is 5.91 Å². The third-order valence-electron chi connectivity index (χ3n) is 3.24. The number of carbonyl (C=O) groups is 1. The third kappa shape index (κ3) is 3.94. The van der Waals surface area contributed by atoms with Crippen LogP contribution in [0.15, 0.2) is 30.3 Å². The van der Waals surface area contributed by atoms with E-state index in [1.807, 2.05) is 23.1 Å². The van der Waals surface area contributed by atoms with Gasteiger partial charge in [-0.2, -0.15) is 0 Å². The first-order valence-corrected chi connectivity index (χ1v) is 6.67. The molecule has 0 aromatic heterocycles. The van der Waals surface area contributed by atoms with Gasteiger partial charge in [0.05, 0.1) is 6.61 Å². The van der Waals surface area contributed by atoms with Gasteiger partial charge >= 0.3 is 0 Å². The van der Waals surface area contributed by atoms with E-state index in [0.29, 0.717) is 13.2 Å². The second-order valence-electron chi connectivity index (χ2n) is 4.54. The number of hydrogen-bond donors (Lipinski definition) is 1. The van der Waals surface area contributed by atoms with Crippen molar-refractivity contribution in [3.8, 4) is 0 Å². The van der Waals surface area contributed by atoms with E-state index in [1.54, 1.807) is 0 Å². The molecule has 1 saturated heterocycles. The maximum absolute atomic E-state index is 11.9. The van der Waals surface area contributed by atoms with Crippen LogP contribution < -0.4 is 10.6 Å². The summed E-state index contributed by atoms with van der Waals surface area (Å²) in [6.45, 7) is 4.27. The largest absolute Gasteiger partial charge is 0.370 e. The van der Waals surface area contributed by atoms with E-state index in [-0.39, 0.29) is 12.5 Å². The quantitative estimate of drug-likeness (QED) is 0.777. The molecule has 0 bridgehead atoms. The molecule has 2 rings (SSSR count). The molecule has 0 atom stereocenters. The van der Waals surface area contributed by atoms with E-state index >= 15 is 0 Å². The molecule has 0 spiro atoms. The minimum absolute atomic E-state index is 0.0566. The summed E-state index contributed by atoms with van der Waals surface area (Å²) in [5.74, 6) is 0.0566. The first-order valence-electron chi connectivity index (χ1n) is 6.67. The number of ether oxygens (including phenoxy) is 1. The molecule has 5 heteroatoms. The lowest BCUT2D eigenvalue weighted by Gasteiger charge is -2.36. The van der Waals surface area contributed by atoms with Crippen LogP contribution in [0.25, 0.3) is 0 Å². The Labute approximate surface area is 113 Å². The molecule has 5 nitrogen and oxygen atoms in total. The molecule has 1 aromatic carbocycles. The zero-order valence-electron chi connectivity index (χ0n) is 11.1. The van der Waals surface area contributed by atoms with Crippen LogP contribution in [-0.4, -0.2) is 56.7 Å². The SMILES string of the molecule is NCCOCC(=O)N1CCN(c2ccccc2)CC1. The maximum atomic E-state index is 11.9. The van der Waals surface area contributed by atoms with Crippen molar-refractivity contribution < 1.29 is 9.53 Å². The van der Waals surface area contributed by atoms with Gasteiger partial charge < -0.3 is 20.3 Å². The van der Waals surface area contributed by atoms with Gasteiger partial charge in [0.25, 0.3) is 0 Å². The number of carbonyl (C=O) groups excluding carboxylic acids is 1. The molecule has 104 valence electrons. The van der Waals surface area contributed by atoms with Crippen molar-refractivity contribution in [2.75, 3.05) is 50.8 Å². The number of rotatable bonds is 5. The predicted molar refractivity (Wildman–Crippen MR) is 75.1 cm³/mol. The Morgan fingerprint density at radius 2 is 1.84 bits per heavy atom. The smallest absolute Gasteiger partial charge is 0.248 e. The van der Waals surface area contributed by atoms with E-state index in [9.17, 15) is 4.79 Å². The van der Waals surface area contributed by atoms with E-state index in [4.69, 9.17) is 10.5 Å². The molecule has 1 fully saturated rings. The average Bonchev–Trinajstić information content (AvgIpc) is 2.48. The van der Waals surface area contributed by atoms with Crippen LogP contribution in [0.5, 0.6) is 0 Å². The highest BCUT2D eigenvalue weighted by Crippen LogP contribution is 2.15. The lowest BCUT2D eigenvalue weighted by atomic mass is 10.2. The van der Waals surface area contributed by atoms with Crippen molar-refractivity contribution in [3.05, 3.63) is 30.3 Å². The molecule has 0 saturated carbocycles. The first-order chi connectivity index (χ1) is 9.31. The fourth-order valence-corrected chi connectivity index (χ4v) is 2.19. The standard InChI is InChI=1S/C14H21N3O2/c15-6-11-19-12-14(18)17-9-7-16(8-10-17)13-4-2-1-3-5-13/h1-5H,6-12,15H2. The summed E-state index contributed by atoms with van der Waals surface area (Å²) in [7, 11) is 0. The zero-order valence-corrected chi connectivity index (χ0v) is 11.1. The summed E-state index contributed by atoms with van der Waals surface area (Å²) in [4.78, 5) is 16.0. The number of nitrogens with two attached hydrogens (primary N) is 1. The van der Waals surface area contributed by atoms with Crippen molar-refractivity contribution >= 4 is 11.6 Å². The van der Waals surface area contributed by atoms with Crippen molar-refractivity contribution in [2.24, 2.45) is 5.73 Å². The second kappa shape index (κ2) is 7.11. The maximum Gasteiger partial charge on any atom is 0.248 e. The van der Waals surface area contributed by atoms with Crippen molar-refractivity contribution in [1.29, 1.82) is 0 Å². The number of benzene rings is 1. The molecule has 0 unspecified atom stereocenters. The van der Waals surface area contributed by atoms with E-state index < -0.39 is 0 Å². The Morgan fingerprint density at radius 3 is 2.47 bits per heavy atom.